The van der Waals surface area contributed by atoms with Gasteiger partial charge < -0.3 is 5.32 Å². The summed E-state index contributed by atoms with van der Waals surface area (Å²) in [4.78, 5) is 15.8. The van der Waals surface area contributed by atoms with Crippen LogP contribution < -0.4 is 5.32 Å². The highest BCUT2D eigenvalue weighted by Gasteiger charge is 2.34. The number of carbonyl (C=O) groups excluding carboxylic acids is 1. The molecule has 0 saturated carbocycles. The van der Waals surface area contributed by atoms with Crippen molar-refractivity contribution < 1.29 is 4.79 Å². The minimum absolute atomic E-state index is 0.0498. The van der Waals surface area contributed by atoms with E-state index in [0.717, 1.165) is 4.47 Å². The van der Waals surface area contributed by atoms with Gasteiger partial charge in [0.1, 0.15) is 0 Å². The van der Waals surface area contributed by atoms with Gasteiger partial charge in [-0.15, -0.1) is 11.3 Å². The number of halogens is 1. The maximum absolute atomic E-state index is 12.3. The molecule has 0 spiro atoms. The van der Waals surface area contributed by atoms with Gasteiger partial charge in [-0.2, -0.15) is 0 Å². The van der Waals surface area contributed by atoms with Crippen molar-refractivity contribution >= 4 is 33.2 Å². The smallest absolute Gasteiger partial charge is 0.237 e. The highest BCUT2D eigenvalue weighted by Crippen LogP contribution is 2.26. The Balaban J connectivity index is 1.91. The Kier molecular flexibility index (Phi) is 5.03. The van der Waals surface area contributed by atoms with E-state index in [4.69, 9.17) is 0 Å². The van der Waals surface area contributed by atoms with Gasteiger partial charge in [0.15, 0.2) is 0 Å². The van der Waals surface area contributed by atoms with Crippen molar-refractivity contribution in [3.05, 3.63) is 20.8 Å². The number of nitrogens with zero attached hydrogens (tertiary/aromatic N) is 1. The van der Waals surface area contributed by atoms with Gasteiger partial charge in [-0.3, -0.25) is 9.69 Å². The zero-order valence-electron chi connectivity index (χ0n) is 11.6. The van der Waals surface area contributed by atoms with Crippen LogP contribution in [0.2, 0.25) is 0 Å². The molecule has 1 saturated heterocycles. The fourth-order valence-electron chi connectivity index (χ4n) is 2.88. The van der Waals surface area contributed by atoms with E-state index in [9.17, 15) is 4.79 Å². The van der Waals surface area contributed by atoms with Crippen molar-refractivity contribution in [3.63, 3.8) is 0 Å². The molecule has 3 unspecified atom stereocenters. The third-order valence-electron chi connectivity index (χ3n) is 3.96. The van der Waals surface area contributed by atoms with Crippen LogP contribution in [0.25, 0.3) is 0 Å². The molecule has 0 bridgehead atoms. The number of thiophene rings is 1. The summed E-state index contributed by atoms with van der Waals surface area (Å²) in [7, 11) is 0. The summed E-state index contributed by atoms with van der Waals surface area (Å²) in [6, 6.07) is 2.97. The first-order valence-electron chi connectivity index (χ1n) is 6.77. The van der Waals surface area contributed by atoms with Crippen LogP contribution in [0.3, 0.4) is 0 Å². The van der Waals surface area contributed by atoms with E-state index in [-0.39, 0.29) is 11.9 Å². The fraction of sp³-hybridized carbons (Fsp3) is 0.643. The third kappa shape index (κ3) is 3.38. The Hall–Kier alpha value is -0.390. The predicted octanol–water partition coefficient (Wildman–Crippen LogP) is 3.39. The van der Waals surface area contributed by atoms with Gasteiger partial charge in [-0.05, 0) is 61.0 Å². The molecule has 2 heterocycles. The number of hydrogen-bond acceptors (Lipinski definition) is 3. The molecule has 1 amide bonds. The summed E-state index contributed by atoms with van der Waals surface area (Å²) in [6.45, 7) is 7.04. The Bertz CT molecular complexity index is 438. The first-order chi connectivity index (χ1) is 9.00. The Morgan fingerprint density at radius 2 is 2.16 bits per heavy atom. The van der Waals surface area contributed by atoms with Crippen molar-refractivity contribution in [1.29, 1.82) is 0 Å². The van der Waals surface area contributed by atoms with Gasteiger partial charge in [0, 0.05) is 21.4 Å². The molecular formula is C14H21BrN2OS. The summed E-state index contributed by atoms with van der Waals surface area (Å²) in [5, 5.41) is 5.07. The monoisotopic (exact) mass is 344 g/mol. The van der Waals surface area contributed by atoms with Gasteiger partial charge in [-0.1, -0.05) is 0 Å². The summed E-state index contributed by atoms with van der Waals surface area (Å²) in [6.07, 6.45) is 2.38. The maximum atomic E-state index is 12.3. The lowest BCUT2D eigenvalue weighted by molar-refractivity contribution is -0.127. The molecule has 1 aromatic rings. The van der Waals surface area contributed by atoms with Crippen molar-refractivity contribution in [3.8, 4) is 0 Å². The molecule has 2 rings (SSSR count). The molecule has 1 aliphatic rings. The average molecular weight is 345 g/mol. The van der Waals surface area contributed by atoms with Crippen LogP contribution in [0.1, 0.15) is 38.5 Å². The van der Waals surface area contributed by atoms with Crippen LogP contribution >= 0.6 is 27.3 Å². The Morgan fingerprint density at radius 3 is 2.68 bits per heavy atom. The molecule has 1 N–H and O–H groups in total. The maximum Gasteiger partial charge on any atom is 0.237 e. The number of rotatable bonds is 4. The predicted molar refractivity (Wildman–Crippen MR) is 83.3 cm³/mol. The second-order valence-electron chi connectivity index (χ2n) is 5.31. The van der Waals surface area contributed by atoms with Crippen molar-refractivity contribution in [1.82, 2.24) is 10.2 Å². The Morgan fingerprint density at radius 1 is 1.53 bits per heavy atom. The zero-order chi connectivity index (χ0) is 14.0. The molecule has 5 heteroatoms. The molecule has 0 radical (unpaired) electrons. The molecule has 106 valence electrons. The standard InChI is InChI=1S/C14H21BrN2OS/c1-9-4-5-10(2)17(9)11(3)14(18)16-8-13-12(15)6-7-19-13/h6-7,9-11H,4-5,8H2,1-3H3,(H,16,18). The number of nitrogens with one attached hydrogen (secondary N) is 1. The second-order valence-corrected chi connectivity index (χ2v) is 7.16. The molecule has 1 fully saturated rings. The summed E-state index contributed by atoms with van der Waals surface area (Å²) >= 11 is 5.15. The number of amides is 1. The molecule has 19 heavy (non-hydrogen) atoms. The molecule has 0 aliphatic carbocycles. The largest absolute Gasteiger partial charge is 0.350 e. The molecule has 1 aromatic heterocycles. The number of carbonyl (C=O) groups is 1. The summed E-state index contributed by atoms with van der Waals surface area (Å²) in [5.41, 5.74) is 0. The second kappa shape index (κ2) is 6.37. The first kappa shape index (κ1) is 15.0. The quantitative estimate of drug-likeness (QED) is 0.907. The highest BCUT2D eigenvalue weighted by atomic mass is 79.9. The van der Waals surface area contributed by atoms with E-state index in [1.165, 1.54) is 17.7 Å². The fourth-order valence-corrected chi connectivity index (χ4v) is 4.31. The van der Waals surface area contributed by atoms with Crippen LogP contribution in [-0.2, 0) is 11.3 Å². The summed E-state index contributed by atoms with van der Waals surface area (Å²) < 4.78 is 1.08. The molecular weight excluding hydrogens is 324 g/mol. The minimum atomic E-state index is -0.0498. The van der Waals surface area contributed by atoms with Crippen LogP contribution in [0.4, 0.5) is 0 Å². The normalized spacial score (nSPS) is 25.5. The van der Waals surface area contributed by atoms with Gasteiger partial charge in [0.05, 0.1) is 12.6 Å². The van der Waals surface area contributed by atoms with Gasteiger partial charge >= 0.3 is 0 Å². The number of likely N-dealkylation sites (tertiary alicyclic amines) is 1. The average Bonchev–Trinajstić information content (AvgIpc) is 2.92. The topological polar surface area (TPSA) is 32.3 Å². The van der Waals surface area contributed by atoms with E-state index in [0.29, 0.717) is 18.6 Å². The van der Waals surface area contributed by atoms with E-state index in [1.54, 1.807) is 11.3 Å². The van der Waals surface area contributed by atoms with E-state index >= 15 is 0 Å². The third-order valence-corrected chi connectivity index (χ3v) is 5.89. The molecule has 3 nitrogen and oxygen atoms in total. The minimum Gasteiger partial charge on any atom is -0.350 e. The summed E-state index contributed by atoms with van der Waals surface area (Å²) in [5.74, 6) is 0.126. The van der Waals surface area contributed by atoms with E-state index in [2.05, 4.69) is 40.0 Å². The van der Waals surface area contributed by atoms with E-state index in [1.807, 2.05) is 18.4 Å². The van der Waals surface area contributed by atoms with Gasteiger partial charge in [0.2, 0.25) is 5.91 Å². The van der Waals surface area contributed by atoms with Crippen LogP contribution in [0.5, 0.6) is 0 Å². The van der Waals surface area contributed by atoms with Crippen LogP contribution in [0, 0.1) is 0 Å². The lowest BCUT2D eigenvalue weighted by atomic mass is 10.2. The lowest BCUT2D eigenvalue weighted by Crippen LogP contribution is -2.48. The molecule has 1 aliphatic heterocycles. The molecule has 3 atom stereocenters. The van der Waals surface area contributed by atoms with Crippen molar-refractivity contribution in [2.24, 2.45) is 0 Å². The van der Waals surface area contributed by atoms with Gasteiger partial charge in [-0.25, -0.2) is 0 Å². The van der Waals surface area contributed by atoms with Crippen LogP contribution in [-0.4, -0.2) is 28.9 Å². The highest BCUT2D eigenvalue weighted by molar-refractivity contribution is 9.10. The van der Waals surface area contributed by atoms with Crippen molar-refractivity contribution in [2.45, 2.75) is 58.3 Å². The molecule has 0 aromatic carbocycles. The Labute approximate surface area is 127 Å². The number of hydrogen-bond donors (Lipinski definition) is 1. The van der Waals surface area contributed by atoms with Crippen molar-refractivity contribution in [2.75, 3.05) is 0 Å². The zero-order valence-corrected chi connectivity index (χ0v) is 14.1. The van der Waals surface area contributed by atoms with Crippen LogP contribution in [0.15, 0.2) is 15.9 Å². The first-order valence-corrected chi connectivity index (χ1v) is 8.45. The SMILES string of the molecule is CC1CCC(C)N1C(C)C(=O)NCc1sccc1Br. The van der Waals surface area contributed by atoms with Gasteiger partial charge in [0.25, 0.3) is 0 Å². The lowest BCUT2D eigenvalue weighted by Gasteiger charge is -2.31. The van der Waals surface area contributed by atoms with E-state index < -0.39 is 0 Å².